The van der Waals surface area contributed by atoms with Gasteiger partial charge in [-0.05, 0) is 49.0 Å². The van der Waals surface area contributed by atoms with Gasteiger partial charge >= 0.3 is 0 Å². The van der Waals surface area contributed by atoms with E-state index in [1.165, 1.54) is 18.0 Å². The minimum absolute atomic E-state index is 0.158. The first-order valence-electron chi connectivity index (χ1n) is 6.40. The second-order valence-electron chi connectivity index (χ2n) is 4.34. The summed E-state index contributed by atoms with van der Waals surface area (Å²) < 4.78 is 5.81. The third kappa shape index (κ3) is 4.13. The number of thioether (sulfide) groups is 1. The minimum atomic E-state index is -0.380. The number of benzene rings is 1. The first kappa shape index (κ1) is 15.2. The molecule has 1 amide bonds. The van der Waals surface area contributed by atoms with Gasteiger partial charge in [0.2, 0.25) is 5.91 Å². The molecule has 1 N–H and O–H groups in total. The zero-order chi connectivity index (χ0) is 15.2. The lowest BCUT2D eigenvalue weighted by molar-refractivity contribution is -0.645. The molecule has 2 rings (SSSR count). The third-order valence-corrected chi connectivity index (χ3v) is 3.94. The maximum Gasteiger partial charge on any atom is 0.252 e. The van der Waals surface area contributed by atoms with Crippen LogP contribution in [0.1, 0.15) is 6.92 Å². The Morgan fingerprint density at radius 2 is 2.00 bits per heavy atom. The van der Waals surface area contributed by atoms with Crippen LogP contribution in [0, 0.1) is 5.21 Å². The first-order chi connectivity index (χ1) is 10.1. The molecule has 0 bridgehead atoms. The topological polar surface area (TPSA) is 65.3 Å². The molecule has 21 heavy (non-hydrogen) atoms. The predicted molar refractivity (Wildman–Crippen MR) is 82.3 cm³/mol. The van der Waals surface area contributed by atoms with Crippen molar-refractivity contribution in [3.05, 3.63) is 53.9 Å². The highest BCUT2D eigenvalue weighted by Gasteiger charge is 2.18. The number of pyridine rings is 1. The van der Waals surface area contributed by atoms with Crippen LogP contribution in [-0.2, 0) is 4.79 Å². The van der Waals surface area contributed by atoms with Gasteiger partial charge in [0.1, 0.15) is 5.75 Å². The number of nitrogens with zero attached hydrogens (tertiary/aromatic N) is 1. The van der Waals surface area contributed by atoms with E-state index in [0.29, 0.717) is 10.7 Å². The van der Waals surface area contributed by atoms with Crippen LogP contribution in [0.5, 0.6) is 5.75 Å². The van der Waals surface area contributed by atoms with Crippen molar-refractivity contribution in [3.63, 3.8) is 0 Å². The minimum Gasteiger partial charge on any atom is -0.618 e. The van der Waals surface area contributed by atoms with E-state index in [4.69, 9.17) is 4.74 Å². The summed E-state index contributed by atoms with van der Waals surface area (Å²) in [5, 5.41) is 14.5. The van der Waals surface area contributed by atoms with Gasteiger partial charge < -0.3 is 15.3 Å². The largest absolute Gasteiger partial charge is 0.618 e. The van der Waals surface area contributed by atoms with E-state index < -0.39 is 0 Å². The number of nitrogens with one attached hydrogen (secondary N) is 1. The summed E-state index contributed by atoms with van der Waals surface area (Å²) >= 11 is 1.22. The number of anilines is 1. The Bertz CT molecular complexity index is 617. The van der Waals surface area contributed by atoms with Crippen LogP contribution in [0.4, 0.5) is 5.69 Å². The number of carbonyl (C=O) groups excluding carboxylic acids is 1. The van der Waals surface area contributed by atoms with E-state index in [9.17, 15) is 10.0 Å². The third-order valence-electron chi connectivity index (χ3n) is 2.81. The molecule has 1 aromatic heterocycles. The monoisotopic (exact) mass is 304 g/mol. The second-order valence-corrected chi connectivity index (χ2v) is 5.70. The van der Waals surface area contributed by atoms with Crippen LogP contribution in [0.25, 0.3) is 0 Å². The van der Waals surface area contributed by atoms with Crippen molar-refractivity contribution < 1.29 is 14.3 Å². The molecule has 0 fully saturated rings. The van der Waals surface area contributed by atoms with Gasteiger partial charge in [-0.25, -0.2) is 0 Å². The molecule has 6 heteroatoms. The van der Waals surface area contributed by atoms with Gasteiger partial charge in [0.25, 0.3) is 5.03 Å². The molecule has 0 aliphatic rings. The molecule has 110 valence electrons. The van der Waals surface area contributed by atoms with Crippen LogP contribution in [0.15, 0.2) is 53.7 Å². The molecule has 1 heterocycles. The standard InChI is InChI=1S/C15H16N2O3S/c1-11(21-14-5-3-4-10-17(14)19)15(18)16-12-6-8-13(20-2)9-7-12/h3-11H,1-2H3,(H,16,18)/t11-/m0/s1. The number of aromatic nitrogens is 1. The summed E-state index contributed by atoms with van der Waals surface area (Å²) in [5.41, 5.74) is 0.691. The van der Waals surface area contributed by atoms with Crippen molar-refractivity contribution in [1.29, 1.82) is 0 Å². The number of carbonyl (C=O) groups is 1. The summed E-state index contributed by atoms with van der Waals surface area (Å²) in [6.07, 6.45) is 1.41. The van der Waals surface area contributed by atoms with Crippen molar-refractivity contribution >= 4 is 23.4 Å². The summed E-state index contributed by atoms with van der Waals surface area (Å²) in [4.78, 5) is 12.1. The molecule has 0 radical (unpaired) electrons. The fraction of sp³-hybridized carbons (Fsp3) is 0.200. The fourth-order valence-corrected chi connectivity index (χ4v) is 2.51. The molecule has 0 aliphatic carbocycles. The van der Waals surface area contributed by atoms with E-state index in [1.54, 1.807) is 56.5 Å². The van der Waals surface area contributed by atoms with Crippen molar-refractivity contribution in [1.82, 2.24) is 0 Å². The summed E-state index contributed by atoms with van der Waals surface area (Å²) in [5.74, 6) is 0.570. The Labute approximate surface area is 127 Å². The second kappa shape index (κ2) is 6.99. The highest BCUT2D eigenvalue weighted by Crippen LogP contribution is 2.21. The van der Waals surface area contributed by atoms with E-state index in [-0.39, 0.29) is 11.2 Å². The lowest BCUT2D eigenvalue weighted by atomic mass is 10.3. The molecule has 5 nitrogen and oxygen atoms in total. The van der Waals surface area contributed by atoms with Gasteiger partial charge in [0.05, 0.1) is 12.4 Å². The molecule has 2 aromatic rings. The molecule has 0 aliphatic heterocycles. The average molecular weight is 304 g/mol. The van der Waals surface area contributed by atoms with Crippen molar-refractivity contribution in [2.24, 2.45) is 0 Å². The van der Waals surface area contributed by atoms with Gasteiger partial charge in [-0.15, -0.1) is 0 Å². The van der Waals surface area contributed by atoms with E-state index >= 15 is 0 Å². The summed E-state index contributed by atoms with van der Waals surface area (Å²) in [6, 6.07) is 12.2. The molecule has 0 spiro atoms. The Morgan fingerprint density at radius 1 is 1.29 bits per heavy atom. The maximum atomic E-state index is 12.1. The summed E-state index contributed by atoms with van der Waals surface area (Å²) in [6.45, 7) is 1.76. The van der Waals surface area contributed by atoms with Crippen LogP contribution in [-0.4, -0.2) is 18.3 Å². The molecule has 0 saturated heterocycles. The van der Waals surface area contributed by atoms with Gasteiger partial charge in [-0.3, -0.25) is 4.79 Å². The van der Waals surface area contributed by atoms with E-state index in [2.05, 4.69) is 5.32 Å². The zero-order valence-electron chi connectivity index (χ0n) is 11.8. The number of ether oxygens (including phenoxy) is 1. The molecular formula is C15H16N2O3S. The Balaban J connectivity index is 1.97. The molecule has 1 atom stereocenters. The van der Waals surface area contributed by atoms with Crippen LogP contribution >= 0.6 is 11.8 Å². The smallest absolute Gasteiger partial charge is 0.252 e. The van der Waals surface area contributed by atoms with Crippen molar-refractivity contribution in [2.75, 3.05) is 12.4 Å². The normalized spacial score (nSPS) is 11.7. The number of hydrogen-bond acceptors (Lipinski definition) is 4. The lowest BCUT2D eigenvalue weighted by Gasteiger charge is -2.11. The first-order valence-corrected chi connectivity index (χ1v) is 7.28. The number of amides is 1. The average Bonchev–Trinajstić information content (AvgIpc) is 2.50. The van der Waals surface area contributed by atoms with Gasteiger partial charge in [0, 0.05) is 17.8 Å². The Kier molecular flexibility index (Phi) is 5.05. The SMILES string of the molecule is COc1ccc(NC(=O)[C@H](C)Sc2cccc[n+]2[O-])cc1. The highest BCUT2D eigenvalue weighted by atomic mass is 32.2. The molecule has 0 unspecified atom stereocenters. The lowest BCUT2D eigenvalue weighted by Crippen LogP contribution is -2.30. The Morgan fingerprint density at radius 3 is 2.62 bits per heavy atom. The molecule has 1 aromatic carbocycles. The summed E-state index contributed by atoms with van der Waals surface area (Å²) in [7, 11) is 1.59. The van der Waals surface area contributed by atoms with Crippen LogP contribution in [0.2, 0.25) is 0 Å². The van der Waals surface area contributed by atoms with Crippen molar-refractivity contribution in [2.45, 2.75) is 17.2 Å². The van der Waals surface area contributed by atoms with Gasteiger partial charge in [-0.1, -0.05) is 0 Å². The zero-order valence-corrected chi connectivity index (χ0v) is 12.6. The van der Waals surface area contributed by atoms with Gasteiger partial charge in [0.15, 0.2) is 6.20 Å². The molecular weight excluding hydrogens is 288 g/mol. The maximum absolute atomic E-state index is 12.1. The Hall–Kier alpha value is -2.21. The number of rotatable bonds is 5. The highest BCUT2D eigenvalue weighted by molar-refractivity contribution is 8.00. The van der Waals surface area contributed by atoms with Crippen LogP contribution < -0.4 is 14.8 Å². The van der Waals surface area contributed by atoms with Gasteiger partial charge in [-0.2, -0.15) is 4.73 Å². The molecule has 0 saturated carbocycles. The van der Waals surface area contributed by atoms with Crippen molar-refractivity contribution in [3.8, 4) is 5.75 Å². The quantitative estimate of drug-likeness (QED) is 0.523. The predicted octanol–water partition coefficient (Wildman–Crippen LogP) is 2.45. The fourth-order valence-electron chi connectivity index (χ4n) is 1.66. The van der Waals surface area contributed by atoms with E-state index in [0.717, 1.165) is 10.5 Å². The van der Waals surface area contributed by atoms with E-state index in [1.807, 2.05) is 0 Å². The number of methoxy groups -OCH3 is 1. The number of hydrogen-bond donors (Lipinski definition) is 1. The van der Waals surface area contributed by atoms with Crippen LogP contribution in [0.3, 0.4) is 0 Å².